The maximum absolute atomic E-state index is 5.71. The SMILES string of the molecule is CCNC(=NCc1ccccc1OCC)NCC1(CCOC)CCCC1. The lowest BCUT2D eigenvalue weighted by molar-refractivity contribution is 0.138. The van der Waals surface area contributed by atoms with E-state index in [1.807, 2.05) is 25.1 Å². The summed E-state index contributed by atoms with van der Waals surface area (Å²) in [6, 6.07) is 8.12. The number of benzene rings is 1. The Morgan fingerprint density at radius 2 is 1.92 bits per heavy atom. The Balaban J connectivity index is 2.00. The zero-order valence-electron chi connectivity index (χ0n) is 16.6. The van der Waals surface area contributed by atoms with Gasteiger partial charge in [0, 0.05) is 32.4 Å². The van der Waals surface area contributed by atoms with Crippen LogP contribution < -0.4 is 15.4 Å². The largest absolute Gasteiger partial charge is 0.494 e. The van der Waals surface area contributed by atoms with Gasteiger partial charge in [0.1, 0.15) is 5.75 Å². The van der Waals surface area contributed by atoms with E-state index in [9.17, 15) is 0 Å². The molecule has 146 valence electrons. The molecule has 1 saturated carbocycles. The van der Waals surface area contributed by atoms with E-state index in [1.165, 1.54) is 25.7 Å². The molecule has 0 amide bonds. The van der Waals surface area contributed by atoms with Crippen molar-refractivity contribution in [2.24, 2.45) is 10.4 Å². The van der Waals surface area contributed by atoms with Crippen molar-refractivity contribution >= 4 is 5.96 Å². The number of ether oxygens (including phenoxy) is 2. The highest BCUT2D eigenvalue weighted by Crippen LogP contribution is 2.40. The maximum Gasteiger partial charge on any atom is 0.191 e. The van der Waals surface area contributed by atoms with E-state index in [1.54, 1.807) is 7.11 Å². The fraction of sp³-hybridized carbons (Fsp3) is 0.667. The van der Waals surface area contributed by atoms with Gasteiger partial charge in [0.2, 0.25) is 0 Å². The van der Waals surface area contributed by atoms with Crippen LogP contribution in [0, 0.1) is 5.41 Å². The van der Waals surface area contributed by atoms with Gasteiger partial charge in [-0.2, -0.15) is 0 Å². The molecule has 26 heavy (non-hydrogen) atoms. The molecule has 0 aromatic heterocycles. The first-order valence-electron chi connectivity index (χ1n) is 9.95. The summed E-state index contributed by atoms with van der Waals surface area (Å²) in [4.78, 5) is 4.78. The molecule has 1 aromatic rings. The van der Waals surface area contributed by atoms with Gasteiger partial charge in [-0.1, -0.05) is 31.0 Å². The molecule has 5 heteroatoms. The zero-order chi connectivity index (χ0) is 18.7. The molecule has 1 aliphatic rings. The molecule has 2 N–H and O–H groups in total. The molecule has 0 aliphatic heterocycles. The Morgan fingerprint density at radius 1 is 1.15 bits per heavy atom. The van der Waals surface area contributed by atoms with Crippen molar-refractivity contribution in [2.75, 3.05) is 33.4 Å². The van der Waals surface area contributed by atoms with Gasteiger partial charge in [0.15, 0.2) is 5.96 Å². The van der Waals surface area contributed by atoms with Gasteiger partial charge in [-0.15, -0.1) is 0 Å². The van der Waals surface area contributed by atoms with Crippen molar-refractivity contribution in [3.63, 3.8) is 0 Å². The Labute approximate surface area is 158 Å². The van der Waals surface area contributed by atoms with Gasteiger partial charge in [0.25, 0.3) is 0 Å². The number of guanidine groups is 1. The fourth-order valence-electron chi connectivity index (χ4n) is 3.67. The molecule has 5 nitrogen and oxygen atoms in total. The van der Waals surface area contributed by atoms with Crippen LogP contribution in [-0.4, -0.2) is 39.4 Å². The van der Waals surface area contributed by atoms with Gasteiger partial charge < -0.3 is 20.1 Å². The Morgan fingerprint density at radius 3 is 2.62 bits per heavy atom. The molecule has 2 rings (SSSR count). The van der Waals surface area contributed by atoms with E-state index in [0.29, 0.717) is 18.6 Å². The minimum atomic E-state index is 0.343. The van der Waals surface area contributed by atoms with Crippen molar-refractivity contribution in [3.8, 4) is 5.75 Å². The Bertz CT molecular complexity index is 554. The summed E-state index contributed by atoms with van der Waals surface area (Å²) in [5.74, 6) is 1.80. The summed E-state index contributed by atoms with van der Waals surface area (Å²) >= 11 is 0. The molecule has 0 radical (unpaired) electrons. The lowest BCUT2D eigenvalue weighted by Crippen LogP contribution is -2.43. The lowest BCUT2D eigenvalue weighted by Gasteiger charge is -2.30. The summed E-state index contributed by atoms with van der Waals surface area (Å²) < 4.78 is 11.0. The van der Waals surface area contributed by atoms with E-state index in [4.69, 9.17) is 14.5 Å². The quantitative estimate of drug-likeness (QED) is 0.492. The lowest BCUT2D eigenvalue weighted by atomic mass is 9.83. The molecular weight excluding hydrogens is 326 g/mol. The number of nitrogens with zero attached hydrogens (tertiary/aromatic N) is 1. The Hall–Kier alpha value is -1.75. The van der Waals surface area contributed by atoms with Gasteiger partial charge >= 0.3 is 0 Å². The minimum absolute atomic E-state index is 0.343. The molecule has 0 heterocycles. The van der Waals surface area contributed by atoms with Gasteiger partial charge in [-0.05, 0) is 44.6 Å². The van der Waals surface area contributed by atoms with Crippen molar-refractivity contribution < 1.29 is 9.47 Å². The second kappa shape index (κ2) is 11.1. The predicted molar refractivity (Wildman–Crippen MR) is 108 cm³/mol. The normalized spacial score (nSPS) is 16.5. The average molecular weight is 362 g/mol. The first kappa shape index (κ1) is 20.6. The molecular formula is C21H35N3O2. The number of nitrogens with one attached hydrogen (secondary N) is 2. The van der Waals surface area contributed by atoms with Gasteiger partial charge in [-0.3, -0.25) is 0 Å². The molecule has 0 atom stereocenters. The van der Waals surface area contributed by atoms with Crippen molar-refractivity contribution in [2.45, 2.75) is 52.5 Å². The molecule has 1 aromatic carbocycles. The molecule has 0 bridgehead atoms. The molecule has 1 fully saturated rings. The molecule has 0 unspecified atom stereocenters. The van der Waals surface area contributed by atoms with Crippen LogP contribution in [0.25, 0.3) is 0 Å². The van der Waals surface area contributed by atoms with E-state index in [-0.39, 0.29) is 0 Å². The monoisotopic (exact) mass is 361 g/mol. The third kappa shape index (κ3) is 6.20. The minimum Gasteiger partial charge on any atom is -0.494 e. The van der Waals surface area contributed by atoms with E-state index in [0.717, 1.165) is 43.4 Å². The summed E-state index contributed by atoms with van der Waals surface area (Å²) in [5, 5.41) is 6.94. The second-order valence-electron chi connectivity index (χ2n) is 7.04. The summed E-state index contributed by atoms with van der Waals surface area (Å²) in [7, 11) is 1.79. The second-order valence-corrected chi connectivity index (χ2v) is 7.04. The van der Waals surface area contributed by atoms with Gasteiger partial charge in [-0.25, -0.2) is 4.99 Å². The number of para-hydroxylation sites is 1. The summed E-state index contributed by atoms with van der Waals surface area (Å²) in [6.07, 6.45) is 6.30. The highest BCUT2D eigenvalue weighted by atomic mass is 16.5. The summed E-state index contributed by atoms with van der Waals surface area (Å²) in [5.41, 5.74) is 1.46. The first-order chi connectivity index (χ1) is 12.7. The van der Waals surface area contributed by atoms with Crippen LogP contribution >= 0.6 is 0 Å². The number of hydrogen-bond acceptors (Lipinski definition) is 3. The smallest absolute Gasteiger partial charge is 0.191 e. The summed E-state index contributed by atoms with van der Waals surface area (Å²) in [6.45, 7) is 8.02. The van der Waals surface area contributed by atoms with Crippen LogP contribution in [-0.2, 0) is 11.3 Å². The predicted octanol–water partition coefficient (Wildman–Crippen LogP) is 3.74. The van der Waals surface area contributed by atoms with E-state index >= 15 is 0 Å². The van der Waals surface area contributed by atoms with Crippen molar-refractivity contribution in [1.29, 1.82) is 0 Å². The topological polar surface area (TPSA) is 54.9 Å². The van der Waals surface area contributed by atoms with Crippen LogP contribution in [0.3, 0.4) is 0 Å². The average Bonchev–Trinajstić information content (AvgIpc) is 3.13. The highest BCUT2D eigenvalue weighted by molar-refractivity contribution is 5.79. The number of rotatable bonds is 10. The van der Waals surface area contributed by atoms with Crippen LogP contribution in [0.15, 0.2) is 29.3 Å². The van der Waals surface area contributed by atoms with Crippen LogP contribution in [0.1, 0.15) is 51.5 Å². The molecule has 0 spiro atoms. The maximum atomic E-state index is 5.71. The number of hydrogen-bond donors (Lipinski definition) is 2. The van der Waals surface area contributed by atoms with Crippen LogP contribution in [0.5, 0.6) is 5.75 Å². The number of methoxy groups -OCH3 is 1. The Kier molecular flexibility index (Phi) is 8.75. The standard InChI is InChI=1S/C21H35N3O2/c1-4-22-20(23-16-18-10-6-7-11-19(18)26-5-2)24-17-21(14-15-25-3)12-8-9-13-21/h6-7,10-11H,4-5,8-9,12-17H2,1-3H3,(H2,22,23,24). The molecule has 0 saturated heterocycles. The van der Waals surface area contributed by atoms with E-state index in [2.05, 4.69) is 23.6 Å². The zero-order valence-corrected chi connectivity index (χ0v) is 16.6. The van der Waals surface area contributed by atoms with Gasteiger partial charge in [0.05, 0.1) is 13.2 Å². The highest BCUT2D eigenvalue weighted by Gasteiger charge is 2.33. The van der Waals surface area contributed by atoms with Crippen LogP contribution in [0.2, 0.25) is 0 Å². The van der Waals surface area contributed by atoms with Crippen molar-refractivity contribution in [1.82, 2.24) is 10.6 Å². The van der Waals surface area contributed by atoms with E-state index < -0.39 is 0 Å². The van der Waals surface area contributed by atoms with Crippen molar-refractivity contribution in [3.05, 3.63) is 29.8 Å². The molecule has 1 aliphatic carbocycles. The fourth-order valence-corrected chi connectivity index (χ4v) is 3.67. The third-order valence-corrected chi connectivity index (χ3v) is 5.16. The third-order valence-electron chi connectivity index (χ3n) is 5.16. The number of aliphatic imine (C=N–C) groups is 1. The van der Waals surface area contributed by atoms with Crippen LogP contribution in [0.4, 0.5) is 0 Å². The first-order valence-corrected chi connectivity index (χ1v) is 9.95.